The first-order valence-corrected chi connectivity index (χ1v) is 7.00. The highest BCUT2D eigenvalue weighted by molar-refractivity contribution is 9.10. The first-order valence-electron chi connectivity index (χ1n) is 4.95. The zero-order valence-corrected chi connectivity index (χ0v) is 12.2. The van der Waals surface area contributed by atoms with Crippen LogP contribution < -0.4 is 0 Å². The van der Waals surface area contributed by atoms with Crippen molar-refractivity contribution in [3.8, 4) is 0 Å². The lowest BCUT2D eigenvalue weighted by Crippen LogP contribution is -2.04. The number of hydrogen-bond donors (Lipinski definition) is 0. The molecule has 0 aliphatic heterocycles. The highest BCUT2D eigenvalue weighted by Crippen LogP contribution is 2.21. The molecule has 5 heteroatoms. The van der Waals surface area contributed by atoms with Gasteiger partial charge < -0.3 is 0 Å². The number of hydrogen-bond acceptors (Lipinski definition) is 3. The van der Waals surface area contributed by atoms with E-state index in [9.17, 15) is 4.79 Å². The molecular weight excluding hydrogens is 322 g/mol. The van der Waals surface area contributed by atoms with Crippen LogP contribution in [0.5, 0.6) is 0 Å². The Morgan fingerprint density at radius 3 is 2.82 bits per heavy atom. The van der Waals surface area contributed by atoms with Crippen molar-refractivity contribution in [1.82, 2.24) is 4.98 Å². The smallest absolute Gasteiger partial charge is 0.168 e. The fourth-order valence-corrected chi connectivity index (χ4v) is 2.94. The average Bonchev–Trinajstić information content (AvgIpc) is 2.62. The molecule has 0 saturated heterocycles. The number of carbonyl (C=O) groups excluding carboxylic acids is 1. The highest BCUT2D eigenvalue weighted by atomic mass is 79.9. The summed E-state index contributed by atoms with van der Waals surface area (Å²) in [6, 6.07) is 5.20. The summed E-state index contributed by atoms with van der Waals surface area (Å²) in [5.74, 6) is 0.0264. The van der Waals surface area contributed by atoms with Crippen LogP contribution in [0, 0.1) is 6.92 Å². The SMILES string of the molecule is Cc1nc(CC(=O)c2cc(Cl)cc(Br)c2)cs1. The molecule has 88 valence electrons. The number of thiazole rings is 1. The van der Waals surface area contributed by atoms with Crippen LogP contribution in [0.1, 0.15) is 21.1 Å². The predicted octanol–water partition coefficient (Wildman–Crippen LogP) is 4.29. The molecule has 1 heterocycles. The van der Waals surface area contributed by atoms with Crippen LogP contribution in [-0.4, -0.2) is 10.8 Å². The van der Waals surface area contributed by atoms with Gasteiger partial charge in [-0.05, 0) is 25.1 Å². The molecule has 0 fully saturated rings. The monoisotopic (exact) mass is 329 g/mol. The number of aromatic nitrogens is 1. The first kappa shape index (κ1) is 12.7. The van der Waals surface area contributed by atoms with E-state index < -0.39 is 0 Å². The van der Waals surface area contributed by atoms with E-state index in [1.165, 1.54) is 0 Å². The molecule has 0 atom stereocenters. The number of carbonyl (C=O) groups is 1. The molecule has 1 aromatic carbocycles. The fraction of sp³-hybridized carbons (Fsp3) is 0.167. The predicted molar refractivity (Wildman–Crippen MR) is 74.0 cm³/mol. The number of nitrogens with zero attached hydrogens (tertiary/aromatic N) is 1. The van der Waals surface area contributed by atoms with E-state index in [1.807, 2.05) is 12.3 Å². The van der Waals surface area contributed by atoms with E-state index in [-0.39, 0.29) is 5.78 Å². The second kappa shape index (κ2) is 5.29. The molecule has 2 nitrogen and oxygen atoms in total. The van der Waals surface area contributed by atoms with Gasteiger partial charge in [0.05, 0.1) is 17.1 Å². The Bertz CT molecular complexity index is 547. The van der Waals surface area contributed by atoms with Crippen LogP contribution in [-0.2, 0) is 6.42 Å². The lowest BCUT2D eigenvalue weighted by atomic mass is 10.1. The molecule has 0 saturated carbocycles. The van der Waals surface area contributed by atoms with E-state index in [0.717, 1.165) is 15.2 Å². The Morgan fingerprint density at radius 1 is 1.47 bits per heavy atom. The second-order valence-electron chi connectivity index (χ2n) is 3.62. The van der Waals surface area contributed by atoms with Gasteiger partial charge in [0.25, 0.3) is 0 Å². The van der Waals surface area contributed by atoms with Gasteiger partial charge in [0.2, 0.25) is 0 Å². The van der Waals surface area contributed by atoms with Crippen LogP contribution in [0.2, 0.25) is 5.02 Å². The molecule has 0 amide bonds. The topological polar surface area (TPSA) is 30.0 Å². The molecule has 0 unspecified atom stereocenters. The van der Waals surface area contributed by atoms with E-state index in [2.05, 4.69) is 20.9 Å². The summed E-state index contributed by atoms with van der Waals surface area (Å²) >= 11 is 10.8. The molecule has 0 radical (unpaired) electrons. The fourth-order valence-electron chi connectivity index (χ4n) is 1.47. The number of rotatable bonds is 3. The molecule has 0 aliphatic carbocycles. The van der Waals surface area contributed by atoms with Crippen molar-refractivity contribution in [2.75, 3.05) is 0 Å². The van der Waals surface area contributed by atoms with Crippen molar-refractivity contribution >= 4 is 44.7 Å². The van der Waals surface area contributed by atoms with Crippen molar-refractivity contribution in [1.29, 1.82) is 0 Å². The number of benzene rings is 1. The van der Waals surface area contributed by atoms with E-state index in [0.29, 0.717) is 17.0 Å². The van der Waals surface area contributed by atoms with Crippen LogP contribution in [0.4, 0.5) is 0 Å². The molecule has 0 bridgehead atoms. The van der Waals surface area contributed by atoms with Crippen molar-refractivity contribution < 1.29 is 4.79 Å². The van der Waals surface area contributed by atoms with Gasteiger partial charge in [0, 0.05) is 20.4 Å². The third-order valence-corrected chi connectivity index (χ3v) is 3.69. The molecule has 2 aromatic rings. The van der Waals surface area contributed by atoms with Gasteiger partial charge in [0.15, 0.2) is 5.78 Å². The summed E-state index contributed by atoms with van der Waals surface area (Å²) < 4.78 is 0.808. The van der Waals surface area contributed by atoms with Crippen LogP contribution in [0.15, 0.2) is 28.1 Å². The zero-order chi connectivity index (χ0) is 12.4. The summed E-state index contributed by atoms with van der Waals surface area (Å²) in [5.41, 5.74) is 1.42. The number of halogens is 2. The molecule has 0 spiro atoms. The van der Waals surface area contributed by atoms with Gasteiger partial charge in [0.1, 0.15) is 0 Å². The minimum Gasteiger partial charge on any atom is -0.294 e. The van der Waals surface area contributed by atoms with Gasteiger partial charge in [-0.15, -0.1) is 11.3 Å². The van der Waals surface area contributed by atoms with Crippen LogP contribution in [0.3, 0.4) is 0 Å². The van der Waals surface area contributed by atoms with Gasteiger partial charge in [-0.1, -0.05) is 27.5 Å². The van der Waals surface area contributed by atoms with Gasteiger partial charge >= 0.3 is 0 Å². The molecule has 0 aliphatic rings. The lowest BCUT2D eigenvalue weighted by molar-refractivity contribution is 0.0992. The van der Waals surface area contributed by atoms with Crippen molar-refractivity contribution in [2.24, 2.45) is 0 Å². The van der Waals surface area contributed by atoms with E-state index in [1.54, 1.807) is 29.5 Å². The van der Waals surface area contributed by atoms with Crippen molar-refractivity contribution in [2.45, 2.75) is 13.3 Å². The van der Waals surface area contributed by atoms with E-state index >= 15 is 0 Å². The maximum absolute atomic E-state index is 12.0. The Balaban J connectivity index is 2.19. The normalized spacial score (nSPS) is 10.5. The molecule has 17 heavy (non-hydrogen) atoms. The number of aryl methyl sites for hydroxylation is 1. The van der Waals surface area contributed by atoms with Crippen molar-refractivity contribution in [3.05, 3.63) is 49.3 Å². The minimum atomic E-state index is 0.0264. The van der Waals surface area contributed by atoms with Gasteiger partial charge in [-0.25, -0.2) is 4.98 Å². The molecule has 0 N–H and O–H groups in total. The summed E-state index contributed by atoms with van der Waals surface area (Å²) in [6.45, 7) is 1.93. The summed E-state index contributed by atoms with van der Waals surface area (Å²) in [5, 5.41) is 3.43. The minimum absolute atomic E-state index is 0.0264. The Morgan fingerprint density at radius 2 is 2.24 bits per heavy atom. The van der Waals surface area contributed by atoms with Crippen LogP contribution >= 0.6 is 38.9 Å². The van der Waals surface area contributed by atoms with Gasteiger partial charge in [-0.2, -0.15) is 0 Å². The standard InChI is InChI=1S/C12H9BrClNOS/c1-7-15-11(6-17-7)5-12(16)8-2-9(13)4-10(14)3-8/h2-4,6H,5H2,1H3. The molecule has 2 rings (SSSR count). The number of Topliss-reactive ketones (excluding diaryl/α,β-unsaturated/α-hetero) is 1. The summed E-state index contributed by atoms with van der Waals surface area (Å²) in [7, 11) is 0. The largest absolute Gasteiger partial charge is 0.294 e. The quantitative estimate of drug-likeness (QED) is 0.786. The summed E-state index contributed by atoms with van der Waals surface area (Å²) in [6.07, 6.45) is 0.317. The van der Waals surface area contributed by atoms with E-state index in [4.69, 9.17) is 11.6 Å². The lowest BCUT2D eigenvalue weighted by Gasteiger charge is -2.01. The Labute approximate surface area is 117 Å². The second-order valence-corrected chi connectivity index (χ2v) is 6.03. The summed E-state index contributed by atoms with van der Waals surface area (Å²) in [4.78, 5) is 16.3. The zero-order valence-electron chi connectivity index (χ0n) is 9.04. The maximum Gasteiger partial charge on any atom is 0.168 e. The third kappa shape index (κ3) is 3.37. The molecular formula is C12H9BrClNOS. The Kier molecular flexibility index (Phi) is 3.97. The molecule has 1 aromatic heterocycles. The third-order valence-electron chi connectivity index (χ3n) is 2.19. The van der Waals surface area contributed by atoms with Gasteiger partial charge in [-0.3, -0.25) is 4.79 Å². The Hall–Kier alpha value is -0.710. The maximum atomic E-state index is 12.0. The highest BCUT2D eigenvalue weighted by Gasteiger charge is 2.10. The number of ketones is 1. The van der Waals surface area contributed by atoms with Crippen LogP contribution in [0.25, 0.3) is 0 Å². The average molecular weight is 331 g/mol. The first-order chi connectivity index (χ1) is 8.04. The van der Waals surface area contributed by atoms with Crippen molar-refractivity contribution in [3.63, 3.8) is 0 Å².